The molecule has 0 bridgehead atoms. The summed E-state index contributed by atoms with van der Waals surface area (Å²) in [6.07, 6.45) is -0.00901. The van der Waals surface area contributed by atoms with E-state index in [1.54, 1.807) is 29.2 Å². The molecule has 1 aromatic heterocycles. The number of halogens is 1. The lowest BCUT2D eigenvalue weighted by molar-refractivity contribution is 0.0460. The summed E-state index contributed by atoms with van der Waals surface area (Å²) in [6, 6.07) is 12.5. The van der Waals surface area contributed by atoms with Crippen molar-refractivity contribution < 1.29 is 9.53 Å². The zero-order chi connectivity index (χ0) is 15.5. The Bertz CT molecular complexity index is 669. The molecule has 5 nitrogen and oxygen atoms in total. The summed E-state index contributed by atoms with van der Waals surface area (Å²) in [5.41, 5.74) is 1.63. The predicted molar refractivity (Wildman–Crippen MR) is 85.4 cm³/mol. The van der Waals surface area contributed by atoms with Gasteiger partial charge in [0.15, 0.2) is 0 Å². The summed E-state index contributed by atoms with van der Waals surface area (Å²) in [4.78, 5) is 18.0. The van der Waals surface area contributed by atoms with E-state index in [2.05, 4.69) is 10.3 Å². The lowest BCUT2D eigenvalue weighted by atomic mass is 10.2. The van der Waals surface area contributed by atoms with Crippen LogP contribution < -0.4 is 10.1 Å². The summed E-state index contributed by atoms with van der Waals surface area (Å²) < 4.78 is 5.73. The number of hydrogen-bond acceptors (Lipinski definition) is 3. The minimum Gasteiger partial charge on any atom is -0.471 e. The molecule has 0 unspecified atom stereocenters. The summed E-state index contributed by atoms with van der Waals surface area (Å²) in [7, 11) is 0. The van der Waals surface area contributed by atoms with Gasteiger partial charge < -0.3 is 15.0 Å². The van der Waals surface area contributed by atoms with Gasteiger partial charge in [-0.05, 0) is 37.3 Å². The zero-order valence-electron chi connectivity index (χ0n) is 12.1. The van der Waals surface area contributed by atoms with Crippen molar-refractivity contribution in [2.45, 2.75) is 13.0 Å². The van der Waals surface area contributed by atoms with Crippen molar-refractivity contribution in [1.82, 2.24) is 9.88 Å². The Balaban J connectivity index is 1.48. The quantitative estimate of drug-likeness (QED) is 0.944. The number of nitrogens with one attached hydrogen (secondary N) is 1. The normalized spacial score (nSPS) is 14.4. The summed E-state index contributed by atoms with van der Waals surface area (Å²) >= 11 is 5.81. The Hall–Kier alpha value is -2.27. The molecule has 0 atom stereocenters. The van der Waals surface area contributed by atoms with Crippen molar-refractivity contribution in [3.05, 3.63) is 53.2 Å². The molecule has 0 spiro atoms. The SMILES string of the molecule is Cc1cccc(OC2CN(C(=O)Nc3ccc(Cl)cc3)C2)n1. The Kier molecular flexibility index (Phi) is 4.15. The van der Waals surface area contributed by atoms with E-state index in [0.29, 0.717) is 24.0 Å². The molecule has 1 saturated heterocycles. The van der Waals surface area contributed by atoms with Gasteiger partial charge in [-0.2, -0.15) is 0 Å². The van der Waals surface area contributed by atoms with Gasteiger partial charge in [0.1, 0.15) is 6.10 Å². The van der Waals surface area contributed by atoms with E-state index in [0.717, 1.165) is 11.4 Å². The molecule has 114 valence electrons. The second-order valence-corrected chi connectivity index (χ2v) is 5.64. The van der Waals surface area contributed by atoms with Crippen LogP contribution in [0.4, 0.5) is 10.5 Å². The molecule has 0 aliphatic carbocycles. The zero-order valence-corrected chi connectivity index (χ0v) is 12.9. The summed E-state index contributed by atoms with van der Waals surface area (Å²) in [5.74, 6) is 0.600. The van der Waals surface area contributed by atoms with E-state index in [1.165, 1.54) is 0 Å². The number of likely N-dealkylation sites (tertiary alicyclic amines) is 1. The third kappa shape index (κ3) is 3.49. The van der Waals surface area contributed by atoms with Gasteiger partial charge in [0.2, 0.25) is 5.88 Å². The summed E-state index contributed by atoms with van der Waals surface area (Å²) in [6.45, 7) is 3.02. The van der Waals surface area contributed by atoms with Crippen LogP contribution in [-0.2, 0) is 0 Å². The first kappa shape index (κ1) is 14.7. The van der Waals surface area contributed by atoms with Crippen LogP contribution in [0.1, 0.15) is 5.69 Å². The first-order valence-corrected chi connectivity index (χ1v) is 7.40. The van der Waals surface area contributed by atoms with Crippen LogP contribution in [0, 0.1) is 6.92 Å². The molecule has 0 radical (unpaired) electrons. The first-order chi connectivity index (χ1) is 10.6. The van der Waals surface area contributed by atoms with Crippen LogP contribution >= 0.6 is 11.6 Å². The standard InChI is InChI=1S/C16H16ClN3O2/c1-11-3-2-4-15(18-11)22-14-9-20(10-14)16(21)19-13-7-5-12(17)6-8-13/h2-8,14H,9-10H2,1H3,(H,19,21). The van der Waals surface area contributed by atoms with Crippen molar-refractivity contribution in [3.8, 4) is 5.88 Å². The average molecular weight is 318 g/mol. The van der Waals surface area contributed by atoms with Crippen LogP contribution in [0.2, 0.25) is 5.02 Å². The smallest absolute Gasteiger partial charge is 0.322 e. The number of benzene rings is 1. The van der Waals surface area contributed by atoms with Gasteiger partial charge in [0, 0.05) is 22.5 Å². The molecule has 3 rings (SSSR count). The van der Waals surface area contributed by atoms with Gasteiger partial charge in [-0.25, -0.2) is 9.78 Å². The molecule has 2 aromatic rings. The molecule has 1 aliphatic rings. The Morgan fingerprint density at radius 2 is 2.00 bits per heavy atom. The van der Waals surface area contributed by atoms with Crippen molar-refractivity contribution in [3.63, 3.8) is 0 Å². The van der Waals surface area contributed by atoms with Crippen LogP contribution in [-0.4, -0.2) is 35.1 Å². The topological polar surface area (TPSA) is 54.5 Å². The number of nitrogens with zero attached hydrogens (tertiary/aromatic N) is 2. The Morgan fingerprint density at radius 1 is 1.27 bits per heavy atom. The Labute approximate surface area is 133 Å². The van der Waals surface area contributed by atoms with Crippen molar-refractivity contribution in [1.29, 1.82) is 0 Å². The molecule has 0 saturated carbocycles. The van der Waals surface area contributed by atoms with Gasteiger partial charge in [-0.15, -0.1) is 0 Å². The number of aryl methyl sites for hydroxylation is 1. The van der Waals surface area contributed by atoms with Crippen molar-refractivity contribution >= 4 is 23.3 Å². The molecule has 1 aromatic carbocycles. The molecule has 6 heteroatoms. The second-order valence-electron chi connectivity index (χ2n) is 5.20. The molecular weight excluding hydrogens is 302 g/mol. The largest absolute Gasteiger partial charge is 0.471 e. The Morgan fingerprint density at radius 3 is 2.68 bits per heavy atom. The number of carbonyl (C=O) groups excluding carboxylic acids is 1. The molecule has 2 amide bonds. The van der Waals surface area contributed by atoms with Gasteiger partial charge in [-0.3, -0.25) is 0 Å². The number of aromatic nitrogens is 1. The van der Waals surface area contributed by atoms with Gasteiger partial charge in [0.25, 0.3) is 0 Å². The van der Waals surface area contributed by atoms with Crippen LogP contribution in [0.15, 0.2) is 42.5 Å². The molecule has 1 fully saturated rings. The monoisotopic (exact) mass is 317 g/mol. The lowest BCUT2D eigenvalue weighted by Gasteiger charge is -2.38. The van der Waals surface area contributed by atoms with E-state index < -0.39 is 0 Å². The maximum Gasteiger partial charge on any atom is 0.322 e. The lowest BCUT2D eigenvalue weighted by Crippen LogP contribution is -2.57. The molecule has 2 heterocycles. The number of amides is 2. The fourth-order valence-electron chi connectivity index (χ4n) is 2.17. The minimum absolute atomic E-state index is 0.00901. The number of urea groups is 1. The van der Waals surface area contributed by atoms with Crippen LogP contribution in [0.5, 0.6) is 5.88 Å². The molecular formula is C16H16ClN3O2. The average Bonchev–Trinajstić information content (AvgIpc) is 2.45. The number of ether oxygens (including phenoxy) is 1. The number of anilines is 1. The predicted octanol–water partition coefficient (Wildman–Crippen LogP) is 3.34. The first-order valence-electron chi connectivity index (χ1n) is 7.02. The highest BCUT2D eigenvalue weighted by molar-refractivity contribution is 6.30. The fraction of sp³-hybridized carbons (Fsp3) is 0.250. The molecule has 1 N–H and O–H groups in total. The second kappa shape index (κ2) is 6.23. The highest BCUT2D eigenvalue weighted by atomic mass is 35.5. The number of rotatable bonds is 3. The van der Waals surface area contributed by atoms with E-state index in [4.69, 9.17) is 16.3 Å². The number of pyridine rings is 1. The third-order valence-electron chi connectivity index (χ3n) is 3.38. The highest BCUT2D eigenvalue weighted by Gasteiger charge is 2.32. The highest BCUT2D eigenvalue weighted by Crippen LogP contribution is 2.19. The van der Waals surface area contributed by atoms with Gasteiger partial charge in [0.05, 0.1) is 13.1 Å². The van der Waals surface area contributed by atoms with E-state index in [-0.39, 0.29) is 12.1 Å². The van der Waals surface area contributed by atoms with E-state index in [1.807, 2.05) is 25.1 Å². The fourth-order valence-corrected chi connectivity index (χ4v) is 2.29. The van der Waals surface area contributed by atoms with Crippen LogP contribution in [0.25, 0.3) is 0 Å². The minimum atomic E-state index is -0.139. The van der Waals surface area contributed by atoms with E-state index >= 15 is 0 Å². The third-order valence-corrected chi connectivity index (χ3v) is 3.63. The maximum absolute atomic E-state index is 12.0. The number of hydrogen-bond donors (Lipinski definition) is 1. The van der Waals surface area contributed by atoms with Gasteiger partial charge >= 0.3 is 6.03 Å². The molecule has 1 aliphatic heterocycles. The van der Waals surface area contributed by atoms with Crippen molar-refractivity contribution in [2.75, 3.05) is 18.4 Å². The maximum atomic E-state index is 12.0. The van der Waals surface area contributed by atoms with Crippen LogP contribution in [0.3, 0.4) is 0 Å². The summed E-state index contributed by atoms with van der Waals surface area (Å²) in [5, 5.41) is 3.46. The molecule has 22 heavy (non-hydrogen) atoms. The van der Waals surface area contributed by atoms with Gasteiger partial charge in [-0.1, -0.05) is 17.7 Å². The van der Waals surface area contributed by atoms with E-state index in [9.17, 15) is 4.79 Å². The van der Waals surface area contributed by atoms with Crippen molar-refractivity contribution in [2.24, 2.45) is 0 Å². The number of carbonyl (C=O) groups is 1.